The zero-order valence-electron chi connectivity index (χ0n) is 14.5. The van der Waals surface area contributed by atoms with E-state index < -0.39 is 21.5 Å². The monoisotopic (exact) mass is 380 g/mol. The highest BCUT2D eigenvalue weighted by molar-refractivity contribution is 7.89. The lowest BCUT2D eigenvalue weighted by atomic mass is 9.83. The standard InChI is InChI=1S/C18H24N2O5S/c21-17(19-22)18(9-3-4-10-18)20-26(23,24)12-7-8-14-13-5-1-2-6-15(13)25-16(14)11-12/h7-8,11,13,15,20,22H,1-6,9-10H2,(H,19,21). The van der Waals surface area contributed by atoms with Crippen molar-refractivity contribution in [3.05, 3.63) is 23.8 Å². The fourth-order valence-corrected chi connectivity index (χ4v) is 6.06. The summed E-state index contributed by atoms with van der Waals surface area (Å²) in [5.74, 6) is 0.281. The first-order valence-corrected chi connectivity index (χ1v) is 10.7. The second kappa shape index (κ2) is 6.51. The van der Waals surface area contributed by atoms with Gasteiger partial charge in [0.15, 0.2) is 0 Å². The van der Waals surface area contributed by atoms with Crippen LogP contribution >= 0.6 is 0 Å². The Balaban J connectivity index is 1.62. The van der Waals surface area contributed by atoms with E-state index in [0.717, 1.165) is 37.7 Å². The van der Waals surface area contributed by atoms with Crippen molar-refractivity contribution in [1.29, 1.82) is 0 Å². The Kier molecular flexibility index (Phi) is 4.45. The lowest BCUT2D eigenvalue weighted by Crippen LogP contribution is -2.56. The van der Waals surface area contributed by atoms with Gasteiger partial charge in [0, 0.05) is 17.5 Å². The van der Waals surface area contributed by atoms with Crippen molar-refractivity contribution in [2.24, 2.45) is 0 Å². The van der Waals surface area contributed by atoms with Gasteiger partial charge in [0.25, 0.3) is 5.91 Å². The predicted octanol–water partition coefficient (Wildman–Crippen LogP) is 2.20. The van der Waals surface area contributed by atoms with Gasteiger partial charge in [0.1, 0.15) is 17.4 Å². The van der Waals surface area contributed by atoms with Crippen molar-refractivity contribution in [1.82, 2.24) is 10.2 Å². The molecular formula is C18H24N2O5S. The molecule has 2 fully saturated rings. The third-order valence-electron chi connectivity index (χ3n) is 6.00. The molecule has 0 spiro atoms. The third kappa shape index (κ3) is 2.90. The van der Waals surface area contributed by atoms with Crippen LogP contribution in [0.15, 0.2) is 23.1 Å². The molecule has 3 aliphatic rings. The van der Waals surface area contributed by atoms with E-state index in [1.54, 1.807) is 17.6 Å². The van der Waals surface area contributed by atoms with Crippen molar-refractivity contribution in [2.75, 3.05) is 0 Å². The Labute approximate surface area is 153 Å². The van der Waals surface area contributed by atoms with Crippen LogP contribution in [-0.4, -0.2) is 31.2 Å². The average molecular weight is 380 g/mol. The number of benzene rings is 1. The maximum absolute atomic E-state index is 12.9. The van der Waals surface area contributed by atoms with Crippen LogP contribution in [0.1, 0.15) is 62.8 Å². The summed E-state index contributed by atoms with van der Waals surface area (Å²) < 4.78 is 34.3. The maximum atomic E-state index is 12.9. The number of sulfonamides is 1. The van der Waals surface area contributed by atoms with Crippen molar-refractivity contribution in [2.45, 2.75) is 73.8 Å². The molecule has 3 N–H and O–H groups in total. The summed E-state index contributed by atoms with van der Waals surface area (Å²) in [5.41, 5.74) is 1.40. The van der Waals surface area contributed by atoms with Crippen LogP contribution in [0, 0.1) is 0 Å². The second-order valence-corrected chi connectivity index (χ2v) is 9.26. The molecule has 0 aromatic heterocycles. The molecule has 0 radical (unpaired) electrons. The summed E-state index contributed by atoms with van der Waals surface area (Å²) in [6.07, 6.45) is 6.71. The quantitative estimate of drug-likeness (QED) is 0.549. The molecule has 1 aromatic rings. The minimum Gasteiger partial charge on any atom is -0.489 e. The number of carbonyl (C=O) groups excluding carboxylic acids is 1. The number of rotatable bonds is 4. The Morgan fingerprint density at radius 1 is 1.15 bits per heavy atom. The smallest absolute Gasteiger partial charge is 0.264 e. The zero-order chi connectivity index (χ0) is 18.4. The van der Waals surface area contributed by atoms with Gasteiger partial charge < -0.3 is 4.74 Å². The molecule has 4 rings (SSSR count). The predicted molar refractivity (Wildman–Crippen MR) is 93.5 cm³/mol. The van der Waals surface area contributed by atoms with Crippen LogP contribution in [0.4, 0.5) is 0 Å². The van der Waals surface area contributed by atoms with E-state index in [2.05, 4.69) is 4.72 Å². The molecule has 26 heavy (non-hydrogen) atoms. The highest BCUT2D eigenvalue weighted by Gasteiger charge is 2.45. The Bertz CT molecular complexity index is 817. The fourth-order valence-electron chi connectivity index (χ4n) is 4.62. The molecule has 0 saturated heterocycles. The molecule has 2 atom stereocenters. The van der Waals surface area contributed by atoms with E-state index in [0.29, 0.717) is 24.5 Å². The van der Waals surface area contributed by atoms with E-state index in [1.165, 1.54) is 6.42 Å². The van der Waals surface area contributed by atoms with Crippen LogP contribution in [0.5, 0.6) is 5.75 Å². The van der Waals surface area contributed by atoms with Gasteiger partial charge in [-0.3, -0.25) is 10.0 Å². The van der Waals surface area contributed by atoms with Gasteiger partial charge >= 0.3 is 0 Å². The molecule has 0 bridgehead atoms. The van der Waals surface area contributed by atoms with E-state index in [4.69, 9.17) is 9.94 Å². The molecule has 7 nitrogen and oxygen atoms in total. The molecule has 1 aliphatic heterocycles. The normalized spacial score (nSPS) is 26.7. The number of fused-ring (bicyclic) bond motifs is 3. The summed E-state index contributed by atoms with van der Waals surface area (Å²) >= 11 is 0. The summed E-state index contributed by atoms with van der Waals surface area (Å²) in [6, 6.07) is 4.99. The Hall–Kier alpha value is -1.64. The summed E-state index contributed by atoms with van der Waals surface area (Å²) in [4.78, 5) is 12.2. The van der Waals surface area contributed by atoms with Gasteiger partial charge in [-0.25, -0.2) is 13.9 Å². The molecule has 142 valence electrons. The van der Waals surface area contributed by atoms with Crippen molar-refractivity contribution in [3.8, 4) is 5.75 Å². The highest BCUT2D eigenvalue weighted by Crippen LogP contribution is 2.46. The van der Waals surface area contributed by atoms with Crippen molar-refractivity contribution >= 4 is 15.9 Å². The lowest BCUT2D eigenvalue weighted by Gasteiger charge is -2.27. The minimum absolute atomic E-state index is 0.0897. The first-order valence-electron chi connectivity index (χ1n) is 9.24. The van der Waals surface area contributed by atoms with Gasteiger partial charge in [0.05, 0.1) is 4.90 Å². The number of carbonyl (C=O) groups is 1. The number of amides is 1. The second-order valence-electron chi connectivity index (χ2n) is 7.58. The lowest BCUT2D eigenvalue weighted by molar-refractivity contribution is -0.135. The first kappa shape index (κ1) is 17.8. The largest absolute Gasteiger partial charge is 0.489 e. The summed E-state index contributed by atoms with van der Waals surface area (Å²) in [6.45, 7) is 0. The number of ether oxygens (including phenoxy) is 1. The van der Waals surface area contributed by atoms with E-state index >= 15 is 0 Å². The van der Waals surface area contributed by atoms with E-state index in [-0.39, 0.29) is 11.0 Å². The van der Waals surface area contributed by atoms with Gasteiger partial charge in [-0.15, -0.1) is 0 Å². The van der Waals surface area contributed by atoms with Crippen LogP contribution in [-0.2, 0) is 14.8 Å². The van der Waals surface area contributed by atoms with Crippen LogP contribution in [0.25, 0.3) is 0 Å². The zero-order valence-corrected chi connectivity index (χ0v) is 15.3. The molecule has 1 aromatic carbocycles. The number of hydrogen-bond donors (Lipinski definition) is 3. The molecule has 1 amide bonds. The molecule has 8 heteroatoms. The number of hydrogen-bond acceptors (Lipinski definition) is 5. The van der Waals surface area contributed by atoms with Gasteiger partial charge in [-0.05, 0) is 38.2 Å². The third-order valence-corrected chi connectivity index (χ3v) is 7.53. The first-order chi connectivity index (χ1) is 12.5. The fraction of sp³-hybridized carbons (Fsp3) is 0.611. The SMILES string of the molecule is O=C(NO)C1(NS(=O)(=O)c2ccc3c(c2)OC2CCCCC32)CCCC1. The van der Waals surface area contributed by atoms with Crippen molar-refractivity contribution in [3.63, 3.8) is 0 Å². The van der Waals surface area contributed by atoms with Crippen LogP contribution in [0.2, 0.25) is 0 Å². The van der Waals surface area contributed by atoms with Crippen molar-refractivity contribution < 1.29 is 23.2 Å². The molecular weight excluding hydrogens is 356 g/mol. The van der Waals surface area contributed by atoms with E-state index in [9.17, 15) is 13.2 Å². The minimum atomic E-state index is -3.91. The van der Waals surface area contributed by atoms with Gasteiger partial charge in [0.2, 0.25) is 10.0 Å². The molecule has 2 unspecified atom stereocenters. The summed E-state index contributed by atoms with van der Waals surface area (Å²) in [5, 5.41) is 9.02. The van der Waals surface area contributed by atoms with Gasteiger partial charge in [-0.1, -0.05) is 25.3 Å². The highest BCUT2D eigenvalue weighted by atomic mass is 32.2. The molecule has 2 aliphatic carbocycles. The molecule has 2 saturated carbocycles. The Morgan fingerprint density at radius 2 is 1.88 bits per heavy atom. The van der Waals surface area contributed by atoms with Crippen LogP contribution < -0.4 is 14.9 Å². The topological polar surface area (TPSA) is 105 Å². The van der Waals surface area contributed by atoms with Gasteiger partial charge in [-0.2, -0.15) is 4.72 Å². The number of nitrogens with one attached hydrogen (secondary N) is 2. The maximum Gasteiger partial charge on any atom is 0.264 e. The molecule has 1 heterocycles. The van der Waals surface area contributed by atoms with E-state index in [1.807, 2.05) is 6.07 Å². The summed E-state index contributed by atoms with van der Waals surface area (Å²) in [7, 11) is -3.91. The number of hydroxylamine groups is 1. The average Bonchev–Trinajstić information content (AvgIpc) is 3.25. The van der Waals surface area contributed by atoms with Crippen LogP contribution in [0.3, 0.4) is 0 Å². The Morgan fingerprint density at radius 3 is 2.62 bits per heavy atom.